The van der Waals surface area contributed by atoms with Crippen LogP contribution in [0.3, 0.4) is 0 Å². The number of methoxy groups -OCH3 is 1. The summed E-state index contributed by atoms with van der Waals surface area (Å²) in [7, 11) is 1.66. The van der Waals surface area contributed by atoms with E-state index in [0.717, 1.165) is 28.6 Å². The molecule has 0 heterocycles. The Hall–Kier alpha value is -0.620. The number of para-hydroxylation sites is 1. The highest BCUT2D eigenvalue weighted by atomic mass is 79.9. The molecule has 1 rings (SSSR count). The first-order valence-corrected chi connectivity index (χ1v) is 7.70. The van der Waals surface area contributed by atoms with Crippen molar-refractivity contribution in [2.45, 2.75) is 25.8 Å². The smallest absolute Gasteiger partial charge is 0.136 e. The summed E-state index contributed by atoms with van der Waals surface area (Å²) < 4.78 is 17.1. The highest BCUT2D eigenvalue weighted by Gasteiger charge is 2.11. The summed E-state index contributed by atoms with van der Waals surface area (Å²) in [6.45, 7) is 4.34. The Morgan fingerprint density at radius 2 is 1.95 bits per heavy atom. The van der Waals surface area contributed by atoms with E-state index in [-0.39, 0.29) is 6.04 Å². The molecule has 114 valence electrons. The maximum atomic E-state index is 6.02. The van der Waals surface area contributed by atoms with Gasteiger partial charge in [-0.2, -0.15) is 0 Å². The molecule has 4 nitrogen and oxygen atoms in total. The minimum atomic E-state index is 0.157. The minimum absolute atomic E-state index is 0.157. The molecule has 0 aliphatic carbocycles. The summed E-state index contributed by atoms with van der Waals surface area (Å²) in [5.74, 6) is 0.867. The molecule has 1 unspecified atom stereocenters. The van der Waals surface area contributed by atoms with Crippen molar-refractivity contribution in [2.75, 3.05) is 33.5 Å². The van der Waals surface area contributed by atoms with Crippen LogP contribution < -0.4 is 10.5 Å². The van der Waals surface area contributed by atoms with Crippen LogP contribution in [0.5, 0.6) is 5.75 Å². The molecule has 0 spiro atoms. The van der Waals surface area contributed by atoms with Gasteiger partial charge in [0.05, 0.1) is 24.3 Å². The fourth-order valence-corrected chi connectivity index (χ4v) is 2.27. The molecule has 2 N–H and O–H groups in total. The van der Waals surface area contributed by atoms with E-state index >= 15 is 0 Å². The van der Waals surface area contributed by atoms with Gasteiger partial charge in [-0.05, 0) is 40.4 Å². The quantitative estimate of drug-likeness (QED) is 0.662. The highest BCUT2D eigenvalue weighted by Crippen LogP contribution is 2.30. The van der Waals surface area contributed by atoms with E-state index in [1.807, 2.05) is 12.1 Å². The summed E-state index contributed by atoms with van der Waals surface area (Å²) >= 11 is 3.53. The van der Waals surface area contributed by atoms with Crippen molar-refractivity contribution in [2.24, 2.45) is 5.73 Å². The van der Waals surface area contributed by atoms with Crippen molar-refractivity contribution >= 4 is 15.9 Å². The third-order valence-corrected chi connectivity index (χ3v) is 3.59. The lowest BCUT2D eigenvalue weighted by molar-refractivity contribution is 0.0541. The molecule has 1 aromatic rings. The molecule has 0 radical (unpaired) electrons. The molecule has 5 heteroatoms. The third-order valence-electron chi connectivity index (χ3n) is 2.96. The van der Waals surface area contributed by atoms with Gasteiger partial charge in [0, 0.05) is 13.2 Å². The number of hydrogen-bond acceptors (Lipinski definition) is 4. The van der Waals surface area contributed by atoms with Crippen LogP contribution in [0.25, 0.3) is 0 Å². The zero-order valence-corrected chi connectivity index (χ0v) is 13.8. The Bertz CT molecular complexity index is 387. The molecule has 0 saturated carbocycles. The number of nitrogens with two attached hydrogens (primary N) is 1. The van der Waals surface area contributed by atoms with E-state index < -0.39 is 0 Å². The van der Waals surface area contributed by atoms with Crippen LogP contribution >= 0.6 is 15.9 Å². The van der Waals surface area contributed by atoms with Crippen LogP contribution in [0, 0.1) is 0 Å². The molecule has 1 aromatic carbocycles. The van der Waals surface area contributed by atoms with Crippen LogP contribution in [-0.2, 0) is 15.9 Å². The van der Waals surface area contributed by atoms with Gasteiger partial charge < -0.3 is 19.9 Å². The molecule has 0 saturated heterocycles. The van der Waals surface area contributed by atoms with Crippen molar-refractivity contribution in [3.8, 4) is 5.75 Å². The van der Waals surface area contributed by atoms with Crippen molar-refractivity contribution in [3.63, 3.8) is 0 Å². The lowest BCUT2D eigenvalue weighted by Gasteiger charge is -2.16. The summed E-state index contributed by atoms with van der Waals surface area (Å²) in [6, 6.07) is 6.19. The van der Waals surface area contributed by atoms with Gasteiger partial charge in [0.1, 0.15) is 12.4 Å². The predicted octanol–water partition coefficient (Wildman–Crippen LogP) is 2.77. The normalized spacial score (nSPS) is 12.4. The zero-order valence-electron chi connectivity index (χ0n) is 12.2. The van der Waals surface area contributed by atoms with Gasteiger partial charge in [-0.3, -0.25) is 0 Å². The fraction of sp³-hybridized carbons (Fsp3) is 0.600. The number of benzene rings is 1. The van der Waals surface area contributed by atoms with Crippen LogP contribution in [-0.4, -0.2) is 39.6 Å². The molecule has 0 amide bonds. The molecule has 0 aromatic heterocycles. The maximum Gasteiger partial charge on any atom is 0.136 e. The second kappa shape index (κ2) is 10.2. The largest absolute Gasteiger partial charge is 0.490 e. The standard InChI is InChI=1S/C15H24BrNO3/c1-3-13(17)11-12-5-4-6-14(16)15(12)20-10-9-19-8-7-18-2/h4-6,13H,3,7-11,17H2,1-2H3. The van der Waals surface area contributed by atoms with Gasteiger partial charge in [0.15, 0.2) is 0 Å². The number of hydrogen-bond donors (Lipinski definition) is 1. The van der Waals surface area contributed by atoms with Crippen molar-refractivity contribution in [1.82, 2.24) is 0 Å². The Morgan fingerprint density at radius 1 is 1.20 bits per heavy atom. The molecule has 0 fully saturated rings. The van der Waals surface area contributed by atoms with E-state index in [4.69, 9.17) is 19.9 Å². The molecule has 0 aliphatic rings. The van der Waals surface area contributed by atoms with Crippen molar-refractivity contribution < 1.29 is 14.2 Å². The van der Waals surface area contributed by atoms with Gasteiger partial charge in [-0.15, -0.1) is 0 Å². The second-order valence-electron chi connectivity index (χ2n) is 4.55. The van der Waals surface area contributed by atoms with Crippen molar-refractivity contribution in [3.05, 3.63) is 28.2 Å². The highest BCUT2D eigenvalue weighted by molar-refractivity contribution is 9.10. The lowest BCUT2D eigenvalue weighted by atomic mass is 10.0. The Kier molecular flexibility index (Phi) is 8.85. The van der Waals surface area contributed by atoms with Gasteiger partial charge in [0.25, 0.3) is 0 Å². The third kappa shape index (κ3) is 6.22. The Morgan fingerprint density at radius 3 is 2.65 bits per heavy atom. The first kappa shape index (κ1) is 17.4. The summed E-state index contributed by atoms with van der Waals surface area (Å²) in [5.41, 5.74) is 7.15. The van der Waals surface area contributed by atoms with Gasteiger partial charge in [-0.1, -0.05) is 19.1 Å². The summed E-state index contributed by atoms with van der Waals surface area (Å²) in [4.78, 5) is 0. The second-order valence-corrected chi connectivity index (χ2v) is 5.41. The minimum Gasteiger partial charge on any atom is -0.490 e. The summed E-state index contributed by atoms with van der Waals surface area (Å²) in [6.07, 6.45) is 1.77. The van der Waals surface area contributed by atoms with Crippen LogP contribution in [0.2, 0.25) is 0 Å². The predicted molar refractivity (Wildman–Crippen MR) is 84.3 cm³/mol. The first-order valence-electron chi connectivity index (χ1n) is 6.91. The van der Waals surface area contributed by atoms with Gasteiger partial charge >= 0.3 is 0 Å². The van der Waals surface area contributed by atoms with Crippen molar-refractivity contribution in [1.29, 1.82) is 0 Å². The van der Waals surface area contributed by atoms with Crippen LogP contribution in [0.4, 0.5) is 0 Å². The monoisotopic (exact) mass is 345 g/mol. The van der Waals surface area contributed by atoms with E-state index in [0.29, 0.717) is 26.4 Å². The van der Waals surface area contributed by atoms with Gasteiger partial charge in [-0.25, -0.2) is 0 Å². The van der Waals surface area contributed by atoms with Gasteiger partial charge in [0.2, 0.25) is 0 Å². The van der Waals surface area contributed by atoms with Crippen LogP contribution in [0.1, 0.15) is 18.9 Å². The number of rotatable bonds is 10. The molecule has 0 bridgehead atoms. The van der Waals surface area contributed by atoms with E-state index in [1.54, 1.807) is 7.11 Å². The number of halogens is 1. The van der Waals surface area contributed by atoms with E-state index in [9.17, 15) is 0 Å². The molecular formula is C15H24BrNO3. The van der Waals surface area contributed by atoms with E-state index in [2.05, 4.69) is 28.9 Å². The SMILES string of the molecule is CCC(N)Cc1cccc(Br)c1OCCOCCOC. The van der Waals surface area contributed by atoms with Crippen LogP contribution in [0.15, 0.2) is 22.7 Å². The maximum absolute atomic E-state index is 6.02. The zero-order chi connectivity index (χ0) is 14.8. The Balaban J connectivity index is 2.50. The average Bonchev–Trinajstić information content (AvgIpc) is 2.45. The molecule has 1 atom stereocenters. The fourth-order valence-electron chi connectivity index (χ4n) is 1.75. The topological polar surface area (TPSA) is 53.7 Å². The van der Waals surface area contributed by atoms with E-state index in [1.165, 1.54) is 0 Å². The summed E-state index contributed by atoms with van der Waals surface area (Å²) in [5, 5.41) is 0. The average molecular weight is 346 g/mol. The first-order chi connectivity index (χ1) is 9.69. The molecular weight excluding hydrogens is 322 g/mol. The molecule has 20 heavy (non-hydrogen) atoms. The Labute approximate surface area is 129 Å². The molecule has 0 aliphatic heterocycles. The lowest BCUT2D eigenvalue weighted by Crippen LogP contribution is -2.22. The number of ether oxygens (including phenoxy) is 3.